The molecule has 0 radical (unpaired) electrons. The molecule has 0 atom stereocenters. The van der Waals surface area contributed by atoms with Crippen molar-refractivity contribution in [2.75, 3.05) is 6.54 Å². The van der Waals surface area contributed by atoms with Gasteiger partial charge < -0.3 is 5.32 Å². The second-order valence-corrected chi connectivity index (χ2v) is 6.63. The summed E-state index contributed by atoms with van der Waals surface area (Å²) in [5.74, 6) is -1.40. The first-order chi connectivity index (χ1) is 13.9. The maximum Gasteiger partial charge on any atom is 0.352 e. The van der Waals surface area contributed by atoms with Gasteiger partial charge in [0.1, 0.15) is 11.5 Å². The smallest absolute Gasteiger partial charge is 0.350 e. The molecule has 0 saturated heterocycles. The number of para-hydroxylation sites is 1. The molecule has 150 valence electrons. The summed E-state index contributed by atoms with van der Waals surface area (Å²) in [5.41, 5.74) is -0.587. The van der Waals surface area contributed by atoms with Crippen LogP contribution < -0.4 is 16.6 Å². The molecule has 29 heavy (non-hydrogen) atoms. The average molecular weight is 396 g/mol. The van der Waals surface area contributed by atoms with E-state index in [4.69, 9.17) is 0 Å². The van der Waals surface area contributed by atoms with E-state index in [0.29, 0.717) is 18.5 Å². The fraction of sp³-hybridized carbons (Fsp3) is 0.238. The number of hydrogen-bond acceptors (Lipinski definition) is 4. The van der Waals surface area contributed by atoms with Crippen LogP contribution in [0.1, 0.15) is 35.0 Å². The van der Waals surface area contributed by atoms with Crippen LogP contribution in [0.4, 0.5) is 4.39 Å². The van der Waals surface area contributed by atoms with Crippen LogP contribution in [-0.2, 0) is 6.54 Å². The van der Waals surface area contributed by atoms with Crippen LogP contribution >= 0.6 is 0 Å². The van der Waals surface area contributed by atoms with Gasteiger partial charge >= 0.3 is 5.69 Å². The van der Waals surface area contributed by atoms with E-state index >= 15 is 0 Å². The van der Waals surface area contributed by atoms with Crippen molar-refractivity contribution in [2.45, 2.75) is 26.8 Å². The molecule has 1 heterocycles. The van der Waals surface area contributed by atoms with Gasteiger partial charge in [-0.1, -0.05) is 48.9 Å². The largest absolute Gasteiger partial charge is 0.352 e. The Bertz CT molecular complexity index is 1170. The lowest BCUT2D eigenvalue weighted by molar-refractivity contribution is 0.0943. The van der Waals surface area contributed by atoms with E-state index in [1.807, 2.05) is 26.0 Å². The molecule has 0 bridgehead atoms. The number of hydrogen-bond donors (Lipinski definition) is 1. The number of aromatic nitrogens is 3. The number of aryl methyl sites for hydroxylation is 1. The Kier molecular flexibility index (Phi) is 6.01. The predicted molar refractivity (Wildman–Crippen MR) is 107 cm³/mol. The van der Waals surface area contributed by atoms with Gasteiger partial charge in [0, 0.05) is 6.54 Å². The number of amides is 1. The van der Waals surface area contributed by atoms with E-state index in [2.05, 4.69) is 10.4 Å². The van der Waals surface area contributed by atoms with Crippen LogP contribution in [0.2, 0.25) is 0 Å². The summed E-state index contributed by atoms with van der Waals surface area (Å²) in [6.45, 7) is 4.03. The highest BCUT2D eigenvalue weighted by atomic mass is 19.1. The van der Waals surface area contributed by atoms with Crippen molar-refractivity contribution >= 4 is 5.91 Å². The van der Waals surface area contributed by atoms with Crippen molar-refractivity contribution in [1.29, 1.82) is 0 Å². The van der Waals surface area contributed by atoms with Crippen LogP contribution in [0.5, 0.6) is 0 Å². The summed E-state index contributed by atoms with van der Waals surface area (Å²) in [6.07, 6.45) is 0.663. The minimum atomic E-state index is -0.825. The van der Waals surface area contributed by atoms with Gasteiger partial charge in [-0.25, -0.2) is 9.18 Å². The van der Waals surface area contributed by atoms with Crippen molar-refractivity contribution in [3.05, 3.63) is 92.0 Å². The first kappa shape index (κ1) is 20.2. The number of carbonyl (C=O) groups excluding carboxylic acids is 1. The number of nitrogens with one attached hydrogen (secondary N) is 1. The van der Waals surface area contributed by atoms with E-state index < -0.39 is 28.7 Å². The second-order valence-electron chi connectivity index (χ2n) is 6.63. The van der Waals surface area contributed by atoms with Crippen LogP contribution in [0.3, 0.4) is 0 Å². The highest BCUT2D eigenvalue weighted by Gasteiger charge is 2.21. The summed E-state index contributed by atoms with van der Waals surface area (Å²) in [7, 11) is 0. The number of nitrogens with zero attached hydrogens (tertiary/aromatic N) is 3. The summed E-state index contributed by atoms with van der Waals surface area (Å²) in [4.78, 5) is 38.3. The van der Waals surface area contributed by atoms with Gasteiger partial charge in [-0.2, -0.15) is 9.78 Å². The van der Waals surface area contributed by atoms with Crippen molar-refractivity contribution < 1.29 is 9.18 Å². The Morgan fingerprint density at radius 2 is 1.90 bits per heavy atom. The van der Waals surface area contributed by atoms with Crippen molar-refractivity contribution in [1.82, 2.24) is 19.7 Å². The van der Waals surface area contributed by atoms with E-state index in [-0.39, 0.29) is 12.2 Å². The molecule has 3 aromatic rings. The quantitative estimate of drug-likeness (QED) is 0.691. The van der Waals surface area contributed by atoms with Crippen LogP contribution in [0.15, 0.2) is 58.1 Å². The highest BCUT2D eigenvalue weighted by Crippen LogP contribution is 2.09. The molecule has 1 N–H and O–H groups in total. The molecule has 1 amide bonds. The Hall–Kier alpha value is -3.55. The molecule has 0 fully saturated rings. The SMILES string of the molecule is CCCNC(=O)c1nn(-c2ccccc2F)c(=O)n(Cc2cccc(C)c2)c1=O. The topological polar surface area (TPSA) is 86.0 Å². The van der Waals surface area contributed by atoms with Crippen molar-refractivity contribution in [2.24, 2.45) is 0 Å². The van der Waals surface area contributed by atoms with Gasteiger partial charge in [-0.05, 0) is 31.0 Å². The zero-order valence-corrected chi connectivity index (χ0v) is 16.2. The normalized spacial score (nSPS) is 10.7. The van der Waals surface area contributed by atoms with Gasteiger partial charge in [-0.15, -0.1) is 0 Å². The van der Waals surface area contributed by atoms with Crippen LogP contribution in [0.25, 0.3) is 5.69 Å². The zero-order valence-electron chi connectivity index (χ0n) is 16.2. The molecular weight excluding hydrogens is 375 g/mol. The van der Waals surface area contributed by atoms with Crippen LogP contribution in [0, 0.1) is 12.7 Å². The lowest BCUT2D eigenvalue weighted by Crippen LogP contribution is -2.46. The first-order valence-corrected chi connectivity index (χ1v) is 9.25. The standard InChI is InChI=1S/C21H21FN4O3/c1-3-11-23-19(27)18-20(28)25(13-15-8-6-7-14(2)12-15)21(29)26(24-18)17-10-5-4-9-16(17)22/h4-10,12H,3,11,13H2,1-2H3,(H,23,27). The third-order valence-corrected chi connectivity index (χ3v) is 4.31. The van der Waals surface area contributed by atoms with Gasteiger partial charge in [0.15, 0.2) is 0 Å². The minimum Gasteiger partial charge on any atom is -0.350 e. The van der Waals surface area contributed by atoms with E-state index in [9.17, 15) is 18.8 Å². The number of benzene rings is 2. The summed E-state index contributed by atoms with van der Waals surface area (Å²) in [6, 6.07) is 12.8. The van der Waals surface area contributed by atoms with Gasteiger partial charge in [0.05, 0.1) is 6.54 Å². The first-order valence-electron chi connectivity index (χ1n) is 9.25. The van der Waals surface area contributed by atoms with Crippen molar-refractivity contribution in [3.63, 3.8) is 0 Å². The third kappa shape index (κ3) is 4.31. The molecule has 8 heteroatoms. The fourth-order valence-electron chi connectivity index (χ4n) is 2.89. The maximum atomic E-state index is 14.3. The fourth-order valence-corrected chi connectivity index (χ4v) is 2.89. The summed E-state index contributed by atoms with van der Waals surface area (Å²) in [5, 5.41) is 6.47. The van der Waals surface area contributed by atoms with E-state index in [1.165, 1.54) is 18.2 Å². The third-order valence-electron chi connectivity index (χ3n) is 4.31. The Labute approximate surface area is 166 Å². The summed E-state index contributed by atoms with van der Waals surface area (Å²) >= 11 is 0. The Morgan fingerprint density at radius 3 is 2.59 bits per heavy atom. The second kappa shape index (κ2) is 8.64. The number of carbonyl (C=O) groups is 1. The zero-order chi connectivity index (χ0) is 21.0. The molecule has 0 aliphatic carbocycles. The van der Waals surface area contributed by atoms with Gasteiger partial charge in [0.25, 0.3) is 11.5 Å². The molecule has 1 aromatic heterocycles. The molecule has 0 aliphatic heterocycles. The van der Waals surface area contributed by atoms with E-state index in [0.717, 1.165) is 14.8 Å². The van der Waals surface area contributed by atoms with Crippen LogP contribution in [-0.4, -0.2) is 26.8 Å². The molecule has 2 aromatic carbocycles. The average Bonchev–Trinajstić information content (AvgIpc) is 2.70. The number of halogens is 1. The number of rotatable bonds is 6. The Balaban J connectivity index is 2.22. The van der Waals surface area contributed by atoms with Gasteiger partial charge in [0.2, 0.25) is 5.69 Å². The maximum absolute atomic E-state index is 14.3. The molecule has 7 nitrogen and oxygen atoms in total. The molecule has 3 rings (SSSR count). The lowest BCUT2D eigenvalue weighted by Gasteiger charge is -2.13. The molecule has 0 unspecified atom stereocenters. The van der Waals surface area contributed by atoms with Crippen molar-refractivity contribution in [3.8, 4) is 5.69 Å². The lowest BCUT2D eigenvalue weighted by atomic mass is 10.1. The molecular formula is C21H21FN4O3. The van der Waals surface area contributed by atoms with Gasteiger partial charge in [-0.3, -0.25) is 14.2 Å². The highest BCUT2D eigenvalue weighted by molar-refractivity contribution is 5.91. The predicted octanol–water partition coefficient (Wildman–Crippen LogP) is 2.03. The van der Waals surface area contributed by atoms with E-state index in [1.54, 1.807) is 18.2 Å². The monoisotopic (exact) mass is 396 g/mol. The summed E-state index contributed by atoms with van der Waals surface area (Å²) < 4.78 is 16.0. The molecule has 0 aliphatic rings. The molecule has 0 spiro atoms. The molecule has 0 saturated carbocycles. The Morgan fingerprint density at radius 1 is 1.14 bits per heavy atom. The minimum absolute atomic E-state index is 0.0651.